The van der Waals surface area contributed by atoms with E-state index < -0.39 is 0 Å². The summed E-state index contributed by atoms with van der Waals surface area (Å²) in [4.78, 5) is 24.2. The first kappa shape index (κ1) is 21.6. The van der Waals surface area contributed by atoms with E-state index in [0.717, 1.165) is 36.1 Å². The van der Waals surface area contributed by atoms with E-state index in [2.05, 4.69) is 34.9 Å². The molecule has 1 unspecified atom stereocenters. The molecule has 5 nitrogen and oxygen atoms in total. The van der Waals surface area contributed by atoms with Crippen LogP contribution in [0.25, 0.3) is 0 Å². The molecule has 1 aliphatic rings. The van der Waals surface area contributed by atoms with Crippen molar-refractivity contribution in [2.24, 2.45) is 0 Å². The molecule has 1 atom stereocenters. The summed E-state index contributed by atoms with van der Waals surface area (Å²) in [7, 11) is 0. The maximum Gasteiger partial charge on any atom is 0.258 e. The number of nitrogens with one attached hydrogen (secondary N) is 2. The zero-order valence-electron chi connectivity index (χ0n) is 18.1. The molecule has 0 fully saturated rings. The fourth-order valence-corrected chi connectivity index (χ4v) is 4.00. The van der Waals surface area contributed by atoms with Crippen LogP contribution in [0.2, 0.25) is 0 Å². The molecule has 0 radical (unpaired) electrons. The van der Waals surface area contributed by atoms with E-state index in [0.29, 0.717) is 18.6 Å². The van der Waals surface area contributed by atoms with Gasteiger partial charge in [0.1, 0.15) is 5.75 Å². The lowest BCUT2D eigenvalue weighted by Crippen LogP contribution is -2.32. The average molecular weight is 429 g/mol. The van der Waals surface area contributed by atoms with Crippen LogP contribution in [0.4, 0.5) is 5.69 Å². The fraction of sp³-hybridized carbons (Fsp3) is 0.259. The van der Waals surface area contributed by atoms with Gasteiger partial charge in [0.15, 0.2) is 6.61 Å². The van der Waals surface area contributed by atoms with Crippen LogP contribution in [0.15, 0.2) is 78.9 Å². The highest BCUT2D eigenvalue weighted by Crippen LogP contribution is 2.27. The lowest BCUT2D eigenvalue weighted by atomic mass is 9.99. The van der Waals surface area contributed by atoms with E-state index in [9.17, 15) is 9.59 Å². The molecule has 0 aromatic heterocycles. The molecule has 1 heterocycles. The van der Waals surface area contributed by atoms with Crippen molar-refractivity contribution in [1.29, 1.82) is 0 Å². The monoisotopic (exact) mass is 428 g/mol. The SMILES string of the molecule is O=C1CCc2cc(OCC(=O)NC(CCCc3ccccc3)c3ccccc3)ccc2N1. The predicted octanol–water partition coefficient (Wildman–Crippen LogP) is 4.83. The van der Waals surface area contributed by atoms with Crippen LogP contribution in [-0.4, -0.2) is 18.4 Å². The Kier molecular flexibility index (Phi) is 7.18. The third-order valence-electron chi connectivity index (χ3n) is 5.68. The van der Waals surface area contributed by atoms with Gasteiger partial charge in [-0.15, -0.1) is 0 Å². The summed E-state index contributed by atoms with van der Waals surface area (Å²) in [5.74, 6) is 0.518. The number of carbonyl (C=O) groups excluding carboxylic acids is 2. The van der Waals surface area contributed by atoms with E-state index >= 15 is 0 Å². The smallest absolute Gasteiger partial charge is 0.258 e. The fourth-order valence-electron chi connectivity index (χ4n) is 4.00. The Morgan fingerprint density at radius 1 is 0.969 bits per heavy atom. The van der Waals surface area contributed by atoms with Crippen molar-refractivity contribution in [3.8, 4) is 5.75 Å². The molecule has 1 aliphatic heterocycles. The Morgan fingerprint density at radius 2 is 1.72 bits per heavy atom. The molecule has 164 valence electrons. The van der Waals surface area contributed by atoms with Crippen molar-refractivity contribution in [1.82, 2.24) is 5.32 Å². The number of carbonyl (C=O) groups is 2. The number of ether oxygens (including phenoxy) is 1. The van der Waals surface area contributed by atoms with Crippen molar-refractivity contribution >= 4 is 17.5 Å². The number of hydrogen-bond donors (Lipinski definition) is 2. The first-order chi connectivity index (χ1) is 15.7. The number of aryl methyl sites for hydroxylation is 2. The molecule has 0 spiro atoms. The predicted molar refractivity (Wildman–Crippen MR) is 126 cm³/mol. The summed E-state index contributed by atoms with van der Waals surface area (Å²) in [6.45, 7) is -0.0484. The van der Waals surface area contributed by atoms with Crippen LogP contribution in [0.5, 0.6) is 5.75 Å². The highest BCUT2D eigenvalue weighted by Gasteiger charge is 2.17. The van der Waals surface area contributed by atoms with E-state index in [1.54, 1.807) is 6.07 Å². The standard InChI is InChI=1S/C27H28N2O3/c30-26-17-14-22-18-23(15-16-25(22)28-26)32-19-27(31)29-24(21-11-5-2-6-12-21)13-7-10-20-8-3-1-4-9-20/h1-6,8-9,11-12,15-16,18,24H,7,10,13-14,17,19H2,(H,28,30)(H,29,31). The van der Waals surface area contributed by atoms with E-state index in [1.165, 1.54) is 5.56 Å². The summed E-state index contributed by atoms with van der Waals surface area (Å²) in [6.07, 6.45) is 3.95. The molecular formula is C27H28N2O3. The van der Waals surface area contributed by atoms with E-state index in [4.69, 9.17) is 4.74 Å². The summed E-state index contributed by atoms with van der Waals surface area (Å²) >= 11 is 0. The maximum atomic E-state index is 12.7. The van der Waals surface area contributed by atoms with Gasteiger partial charge in [0.2, 0.25) is 5.91 Å². The normalized spacial score (nSPS) is 13.6. The van der Waals surface area contributed by atoms with Gasteiger partial charge in [-0.2, -0.15) is 0 Å². The van der Waals surface area contributed by atoms with Gasteiger partial charge in [0.05, 0.1) is 6.04 Å². The van der Waals surface area contributed by atoms with Gasteiger partial charge in [-0.3, -0.25) is 9.59 Å². The van der Waals surface area contributed by atoms with E-state index in [1.807, 2.05) is 48.5 Å². The van der Waals surface area contributed by atoms with Crippen LogP contribution < -0.4 is 15.4 Å². The summed E-state index contributed by atoms with van der Waals surface area (Å²) in [6, 6.07) is 25.9. The van der Waals surface area contributed by atoms with Gasteiger partial charge in [0.25, 0.3) is 5.91 Å². The van der Waals surface area contributed by atoms with Gasteiger partial charge in [0, 0.05) is 12.1 Å². The van der Waals surface area contributed by atoms with Gasteiger partial charge in [-0.1, -0.05) is 60.7 Å². The summed E-state index contributed by atoms with van der Waals surface area (Å²) in [5.41, 5.74) is 4.25. The quantitative estimate of drug-likeness (QED) is 0.513. The molecule has 3 aromatic carbocycles. The van der Waals surface area contributed by atoms with Crippen LogP contribution in [0.3, 0.4) is 0 Å². The Balaban J connectivity index is 1.33. The Bertz CT molecular complexity index is 1050. The second-order valence-electron chi connectivity index (χ2n) is 8.06. The van der Waals surface area contributed by atoms with Crippen molar-refractivity contribution in [2.45, 2.75) is 38.1 Å². The number of anilines is 1. The van der Waals surface area contributed by atoms with Crippen molar-refractivity contribution in [3.05, 3.63) is 95.6 Å². The van der Waals surface area contributed by atoms with E-state index in [-0.39, 0.29) is 24.5 Å². The molecule has 32 heavy (non-hydrogen) atoms. The Hall–Kier alpha value is -3.60. The first-order valence-corrected chi connectivity index (χ1v) is 11.1. The van der Waals surface area contributed by atoms with Crippen LogP contribution in [-0.2, 0) is 22.4 Å². The largest absolute Gasteiger partial charge is 0.484 e. The first-order valence-electron chi connectivity index (χ1n) is 11.1. The number of hydrogen-bond acceptors (Lipinski definition) is 3. The number of benzene rings is 3. The molecule has 3 aromatic rings. The minimum absolute atomic E-state index is 0.0322. The molecule has 4 rings (SSSR count). The number of rotatable bonds is 9. The van der Waals surface area contributed by atoms with Crippen LogP contribution >= 0.6 is 0 Å². The number of fused-ring (bicyclic) bond motifs is 1. The van der Waals surface area contributed by atoms with Gasteiger partial charge in [-0.05, 0) is 60.6 Å². The lowest BCUT2D eigenvalue weighted by Gasteiger charge is -2.20. The highest BCUT2D eigenvalue weighted by atomic mass is 16.5. The topological polar surface area (TPSA) is 67.4 Å². The molecular weight excluding hydrogens is 400 g/mol. The van der Waals surface area contributed by atoms with Crippen molar-refractivity contribution in [2.75, 3.05) is 11.9 Å². The maximum absolute atomic E-state index is 12.7. The minimum atomic E-state index is -0.149. The molecule has 5 heteroatoms. The lowest BCUT2D eigenvalue weighted by molar-refractivity contribution is -0.124. The second-order valence-corrected chi connectivity index (χ2v) is 8.06. The molecule has 0 bridgehead atoms. The summed E-state index contributed by atoms with van der Waals surface area (Å²) < 4.78 is 5.75. The highest BCUT2D eigenvalue weighted by molar-refractivity contribution is 5.94. The van der Waals surface area contributed by atoms with Gasteiger partial charge in [-0.25, -0.2) is 0 Å². The van der Waals surface area contributed by atoms with Crippen LogP contribution in [0, 0.1) is 0 Å². The molecule has 2 N–H and O–H groups in total. The Labute approximate surface area is 188 Å². The van der Waals surface area contributed by atoms with Gasteiger partial charge < -0.3 is 15.4 Å². The zero-order chi connectivity index (χ0) is 22.2. The van der Waals surface area contributed by atoms with Gasteiger partial charge >= 0.3 is 0 Å². The Morgan fingerprint density at radius 3 is 2.50 bits per heavy atom. The average Bonchev–Trinajstić information content (AvgIpc) is 2.83. The molecule has 0 saturated heterocycles. The van der Waals surface area contributed by atoms with Crippen molar-refractivity contribution < 1.29 is 14.3 Å². The molecule has 2 amide bonds. The number of amides is 2. The second kappa shape index (κ2) is 10.6. The van der Waals surface area contributed by atoms with Crippen molar-refractivity contribution in [3.63, 3.8) is 0 Å². The third-order valence-corrected chi connectivity index (χ3v) is 5.68. The van der Waals surface area contributed by atoms with Crippen LogP contribution in [0.1, 0.15) is 42.0 Å². The molecule has 0 aliphatic carbocycles. The summed E-state index contributed by atoms with van der Waals surface area (Å²) in [5, 5.41) is 5.99. The third kappa shape index (κ3) is 5.97. The minimum Gasteiger partial charge on any atom is -0.484 e. The molecule has 0 saturated carbocycles. The zero-order valence-corrected chi connectivity index (χ0v) is 18.1.